The van der Waals surface area contributed by atoms with Gasteiger partial charge in [-0.15, -0.1) is 0 Å². The monoisotopic (exact) mass is 325 g/mol. The van der Waals surface area contributed by atoms with Gasteiger partial charge in [-0.05, 0) is 32.0 Å². The Labute approximate surface area is 134 Å². The van der Waals surface area contributed by atoms with Gasteiger partial charge in [-0.1, -0.05) is 0 Å². The summed E-state index contributed by atoms with van der Waals surface area (Å²) in [5.74, 6) is -1.24. The second-order valence-corrected chi connectivity index (χ2v) is 6.31. The molecule has 1 spiro atoms. The number of carbonyl (C=O) groups is 1. The molecule has 5 nitrogen and oxygen atoms in total. The second-order valence-electron chi connectivity index (χ2n) is 6.31. The number of piperidine rings is 1. The second kappa shape index (κ2) is 6.41. The molecule has 0 saturated carbocycles. The maximum atomic E-state index is 13.7. The van der Waals surface area contributed by atoms with Crippen molar-refractivity contribution in [1.82, 2.24) is 9.80 Å². The first-order valence-electron chi connectivity index (χ1n) is 7.81. The lowest BCUT2D eigenvalue weighted by Gasteiger charge is -2.46. The third-order valence-electron chi connectivity index (χ3n) is 4.60. The topological polar surface area (TPSA) is 44.8 Å². The number of likely N-dealkylation sites (tertiary alicyclic amines) is 1. The van der Waals surface area contributed by atoms with E-state index in [9.17, 15) is 13.6 Å². The van der Waals surface area contributed by atoms with E-state index in [1.54, 1.807) is 4.90 Å². The normalized spacial score (nSPS) is 21.4. The molecule has 2 saturated heterocycles. The molecule has 2 amide bonds. The number of morpholine rings is 1. The van der Waals surface area contributed by atoms with E-state index in [2.05, 4.69) is 17.3 Å². The number of halogens is 2. The van der Waals surface area contributed by atoms with Crippen LogP contribution in [0.5, 0.6) is 0 Å². The molecule has 0 aromatic heterocycles. The van der Waals surface area contributed by atoms with Crippen LogP contribution in [0.2, 0.25) is 0 Å². The third-order valence-corrected chi connectivity index (χ3v) is 4.60. The molecule has 3 rings (SSSR count). The van der Waals surface area contributed by atoms with Gasteiger partial charge in [-0.3, -0.25) is 0 Å². The van der Waals surface area contributed by atoms with Crippen molar-refractivity contribution in [3.05, 3.63) is 29.8 Å². The minimum atomic E-state index is -0.651. The quantitative estimate of drug-likeness (QED) is 0.862. The summed E-state index contributed by atoms with van der Waals surface area (Å²) in [5.41, 5.74) is -0.457. The van der Waals surface area contributed by atoms with Crippen LogP contribution in [0, 0.1) is 11.6 Å². The van der Waals surface area contributed by atoms with Crippen LogP contribution in [-0.4, -0.2) is 61.3 Å². The summed E-state index contributed by atoms with van der Waals surface area (Å²) in [6.07, 6.45) is 1.73. The zero-order valence-electron chi connectivity index (χ0n) is 13.1. The van der Waals surface area contributed by atoms with Gasteiger partial charge in [0.25, 0.3) is 0 Å². The standard InChI is InChI=1S/C16H21F2N3O2/c1-20-6-4-16(5-7-20)11-21(8-9-23-16)15(22)19-14-10-12(17)2-3-13(14)18/h2-3,10H,4-9,11H2,1H3,(H,19,22). The number of nitrogens with zero attached hydrogens (tertiary/aromatic N) is 2. The van der Waals surface area contributed by atoms with Gasteiger partial charge in [0.15, 0.2) is 0 Å². The highest BCUT2D eigenvalue weighted by molar-refractivity contribution is 5.89. The Morgan fingerprint density at radius 2 is 2.00 bits per heavy atom. The summed E-state index contributed by atoms with van der Waals surface area (Å²) < 4.78 is 32.8. The molecule has 2 aliphatic rings. The van der Waals surface area contributed by atoms with Crippen molar-refractivity contribution in [2.75, 3.05) is 45.2 Å². The van der Waals surface area contributed by atoms with Gasteiger partial charge < -0.3 is 19.9 Å². The van der Waals surface area contributed by atoms with Gasteiger partial charge in [-0.25, -0.2) is 13.6 Å². The third kappa shape index (κ3) is 3.61. The maximum absolute atomic E-state index is 13.7. The van der Waals surface area contributed by atoms with Crippen LogP contribution in [0.3, 0.4) is 0 Å². The number of amides is 2. The predicted molar refractivity (Wildman–Crippen MR) is 82.4 cm³/mol. The van der Waals surface area contributed by atoms with Gasteiger partial charge in [-0.2, -0.15) is 0 Å². The summed E-state index contributed by atoms with van der Waals surface area (Å²) in [6.45, 7) is 3.23. The number of hydrogen-bond donors (Lipinski definition) is 1. The molecule has 0 unspecified atom stereocenters. The molecule has 0 atom stereocenters. The molecule has 2 aliphatic heterocycles. The minimum Gasteiger partial charge on any atom is -0.371 e. The Morgan fingerprint density at radius 1 is 1.26 bits per heavy atom. The Morgan fingerprint density at radius 3 is 2.74 bits per heavy atom. The van der Waals surface area contributed by atoms with E-state index in [0.29, 0.717) is 19.7 Å². The first-order chi connectivity index (χ1) is 11.0. The van der Waals surface area contributed by atoms with Crippen LogP contribution >= 0.6 is 0 Å². The van der Waals surface area contributed by atoms with E-state index in [4.69, 9.17) is 4.74 Å². The van der Waals surface area contributed by atoms with Gasteiger partial charge in [0.1, 0.15) is 11.6 Å². The van der Waals surface area contributed by atoms with Crippen LogP contribution < -0.4 is 5.32 Å². The number of anilines is 1. The van der Waals surface area contributed by atoms with Gasteiger partial charge in [0, 0.05) is 25.7 Å². The molecule has 2 fully saturated rings. The molecular weight excluding hydrogens is 304 g/mol. The Balaban J connectivity index is 1.66. The molecule has 126 valence electrons. The molecule has 0 aliphatic carbocycles. The fourth-order valence-electron chi connectivity index (χ4n) is 3.13. The summed E-state index contributed by atoms with van der Waals surface area (Å²) in [4.78, 5) is 16.2. The fourth-order valence-corrected chi connectivity index (χ4v) is 3.13. The average Bonchev–Trinajstić information content (AvgIpc) is 2.54. The molecule has 7 heteroatoms. The molecule has 0 radical (unpaired) electrons. The van der Waals surface area contributed by atoms with Crippen molar-refractivity contribution in [2.45, 2.75) is 18.4 Å². The molecular formula is C16H21F2N3O2. The molecule has 1 N–H and O–H groups in total. The predicted octanol–water partition coefficient (Wildman–Crippen LogP) is 2.29. The van der Waals surface area contributed by atoms with E-state index in [1.807, 2.05) is 0 Å². The number of nitrogens with one attached hydrogen (secondary N) is 1. The number of benzene rings is 1. The SMILES string of the molecule is CN1CCC2(CC1)CN(C(=O)Nc1cc(F)ccc1F)CCO2. The van der Waals surface area contributed by atoms with E-state index < -0.39 is 17.7 Å². The lowest BCUT2D eigenvalue weighted by Crippen LogP contribution is -2.58. The average molecular weight is 325 g/mol. The van der Waals surface area contributed by atoms with Gasteiger partial charge in [0.2, 0.25) is 0 Å². The molecule has 1 aromatic rings. The lowest BCUT2D eigenvalue weighted by atomic mass is 9.89. The first kappa shape index (κ1) is 16.1. The molecule has 2 heterocycles. The van der Waals surface area contributed by atoms with Crippen LogP contribution in [-0.2, 0) is 4.74 Å². The van der Waals surface area contributed by atoms with Crippen molar-refractivity contribution < 1.29 is 18.3 Å². The fraction of sp³-hybridized carbons (Fsp3) is 0.562. The van der Waals surface area contributed by atoms with E-state index in [-0.39, 0.29) is 11.3 Å². The van der Waals surface area contributed by atoms with Crippen molar-refractivity contribution in [3.63, 3.8) is 0 Å². The van der Waals surface area contributed by atoms with Crippen molar-refractivity contribution in [1.29, 1.82) is 0 Å². The Kier molecular flexibility index (Phi) is 4.50. The Hall–Kier alpha value is -1.73. The van der Waals surface area contributed by atoms with Gasteiger partial charge >= 0.3 is 6.03 Å². The molecule has 0 bridgehead atoms. The van der Waals surface area contributed by atoms with Gasteiger partial charge in [0.05, 0.1) is 24.4 Å². The van der Waals surface area contributed by atoms with Crippen LogP contribution in [0.15, 0.2) is 18.2 Å². The largest absolute Gasteiger partial charge is 0.371 e. The zero-order valence-corrected chi connectivity index (χ0v) is 13.1. The smallest absolute Gasteiger partial charge is 0.322 e. The lowest BCUT2D eigenvalue weighted by molar-refractivity contribution is -0.123. The number of carbonyl (C=O) groups excluding carboxylic acids is 1. The van der Waals surface area contributed by atoms with Crippen LogP contribution in [0.25, 0.3) is 0 Å². The highest BCUT2D eigenvalue weighted by Crippen LogP contribution is 2.30. The maximum Gasteiger partial charge on any atom is 0.322 e. The number of rotatable bonds is 1. The van der Waals surface area contributed by atoms with Crippen LogP contribution in [0.1, 0.15) is 12.8 Å². The number of urea groups is 1. The van der Waals surface area contributed by atoms with Crippen LogP contribution in [0.4, 0.5) is 19.3 Å². The first-order valence-corrected chi connectivity index (χ1v) is 7.81. The minimum absolute atomic E-state index is 0.140. The van der Waals surface area contributed by atoms with E-state index in [0.717, 1.165) is 44.1 Å². The molecule has 23 heavy (non-hydrogen) atoms. The molecule has 1 aromatic carbocycles. The van der Waals surface area contributed by atoms with E-state index >= 15 is 0 Å². The Bertz CT molecular complexity index is 589. The van der Waals surface area contributed by atoms with Crippen molar-refractivity contribution >= 4 is 11.7 Å². The van der Waals surface area contributed by atoms with E-state index in [1.165, 1.54) is 0 Å². The summed E-state index contributed by atoms with van der Waals surface area (Å²) in [6, 6.07) is 2.59. The zero-order chi connectivity index (χ0) is 16.4. The number of hydrogen-bond acceptors (Lipinski definition) is 3. The highest BCUT2D eigenvalue weighted by atomic mass is 19.1. The summed E-state index contributed by atoms with van der Waals surface area (Å²) in [7, 11) is 2.06. The highest BCUT2D eigenvalue weighted by Gasteiger charge is 2.40. The van der Waals surface area contributed by atoms with Crippen molar-refractivity contribution in [3.8, 4) is 0 Å². The summed E-state index contributed by atoms with van der Waals surface area (Å²) >= 11 is 0. The summed E-state index contributed by atoms with van der Waals surface area (Å²) in [5, 5.41) is 2.46. The van der Waals surface area contributed by atoms with Crippen molar-refractivity contribution in [2.24, 2.45) is 0 Å². The number of ether oxygens (including phenoxy) is 1.